The zero-order chi connectivity index (χ0) is 17.6. The van der Waals surface area contributed by atoms with E-state index in [1.165, 1.54) is 0 Å². The molecule has 0 aliphatic carbocycles. The zero-order valence-electron chi connectivity index (χ0n) is 12.7. The van der Waals surface area contributed by atoms with E-state index in [9.17, 15) is 9.59 Å². The summed E-state index contributed by atoms with van der Waals surface area (Å²) >= 11 is 0. The predicted molar refractivity (Wildman–Crippen MR) is 77.4 cm³/mol. The Morgan fingerprint density at radius 1 is 1.05 bits per heavy atom. The van der Waals surface area contributed by atoms with Crippen molar-refractivity contribution in [2.75, 3.05) is 33.0 Å². The number of hydrogen-bond donors (Lipinski definition) is 7. The molecular weight excluding hydrogens is 298 g/mol. The first-order valence-electron chi connectivity index (χ1n) is 6.93. The van der Waals surface area contributed by atoms with Crippen LogP contribution in [0.4, 0.5) is 0 Å². The topological polar surface area (TPSA) is 168 Å². The smallest absolute Gasteiger partial charge is 0.320 e. The highest BCUT2D eigenvalue weighted by atomic mass is 16.4. The summed E-state index contributed by atoms with van der Waals surface area (Å²) in [4.78, 5) is 20.6. The third-order valence-electron chi connectivity index (χ3n) is 3.20. The van der Waals surface area contributed by atoms with Gasteiger partial charge in [-0.15, -0.1) is 0 Å². The number of carboxylic acid groups (broad SMARTS) is 2. The van der Waals surface area contributed by atoms with Crippen LogP contribution in [0.1, 0.15) is 26.2 Å². The SMILES string of the molecule is CCC(CO)(CO)CO.O=C(O)CNC(CCCO)C(=O)O. The molecule has 1 unspecified atom stereocenters. The Bertz CT molecular complexity index is 289. The number of rotatable bonds is 11. The maximum Gasteiger partial charge on any atom is 0.320 e. The molecule has 0 aromatic rings. The average molecular weight is 325 g/mol. The van der Waals surface area contributed by atoms with Gasteiger partial charge in [-0.3, -0.25) is 14.9 Å². The Balaban J connectivity index is 0. The van der Waals surface area contributed by atoms with Crippen LogP contribution in [0.5, 0.6) is 0 Å². The fourth-order valence-corrected chi connectivity index (χ4v) is 1.30. The predicted octanol–water partition coefficient (Wildman–Crippen LogP) is -1.75. The molecule has 0 saturated heterocycles. The van der Waals surface area contributed by atoms with Crippen LogP contribution in [0.2, 0.25) is 0 Å². The summed E-state index contributed by atoms with van der Waals surface area (Å²) in [6.45, 7) is 0.868. The second-order valence-corrected chi connectivity index (χ2v) is 4.86. The molecule has 9 nitrogen and oxygen atoms in total. The molecule has 0 aliphatic heterocycles. The fraction of sp³-hybridized carbons (Fsp3) is 0.846. The van der Waals surface area contributed by atoms with E-state index in [0.29, 0.717) is 12.8 Å². The number of aliphatic hydroxyl groups excluding tert-OH is 4. The van der Waals surface area contributed by atoms with E-state index >= 15 is 0 Å². The fourth-order valence-electron chi connectivity index (χ4n) is 1.30. The van der Waals surface area contributed by atoms with E-state index in [1.54, 1.807) is 0 Å². The number of carbonyl (C=O) groups is 2. The van der Waals surface area contributed by atoms with Crippen molar-refractivity contribution in [3.63, 3.8) is 0 Å². The molecule has 0 fully saturated rings. The highest BCUT2D eigenvalue weighted by Crippen LogP contribution is 2.18. The largest absolute Gasteiger partial charge is 0.480 e. The van der Waals surface area contributed by atoms with Gasteiger partial charge in [-0.05, 0) is 19.3 Å². The van der Waals surface area contributed by atoms with Gasteiger partial charge in [0.1, 0.15) is 6.04 Å². The van der Waals surface area contributed by atoms with E-state index < -0.39 is 23.4 Å². The summed E-state index contributed by atoms with van der Waals surface area (Å²) in [6, 6.07) is -0.900. The van der Waals surface area contributed by atoms with Gasteiger partial charge in [0.25, 0.3) is 0 Å². The summed E-state index contributed by atoms with van der Waals surface area (Å²) in [7, 11) is 0. The lowest BCUT2D eigenvalue weighted by Gasteiger charge is -2.24. The molecule has 132 valence electrons. The van der Waals surface area contributed by atoms with Crippen LogP contribution >= 0.6 is 0 Å². The van der Waals surface area contributed by atoms with Gasteiger partial charge in [0, 0.05) is 12.0 Å². The van der Waals surface area contributed by atoms with Crippen molar-refractivity contribution in [1.29, 1.82) is 0 Å². The van der Waals surface area contributed by atoms with Crippen molar-refractivity contribution in [2.45, 2.75) is 32.2 Å². The second-order valence-electron chi connectivity index (χ2n) is 4.86. The molecule has 0 radical (unpaired) electrons. The van der Waals surface area contributed by atoms with Crippen LogP contribution in [0.15, 0.2) is 0 Å². The average Bonchev–Trinajstić information content (AvgIpc) is 2.50. The Hall–Kier alpha value is -1.26. The van der Waals surface area contributed by atoms with Gasteiger partial charge < -0.3 is 30.6 Å². The molecule has 0 amide bonds. The van der Waals surface area contributed by atoms with E-state index in [-0.39, 0.29) is 39.4 Å². The van der Waals surface area contributed by atoms with Crippen LogP contribution in [0.25, 0.3) is 0 Å². The van der Waals surface area contributed by atoms with E-state index in [1.807, 2.05) is 6.92 Å². The zero-order valence-corrected chi connectivity index (χ0v) is 12.7. The first kappa shape index (κ1) is 23.0. The van der Waals surface area contributed by atoms with Gasteiger partial charge in [0.15, 0.2) is 0 Å². The maximum absolute atomic E-state index is 10.5. The molecular formula is C13H27NO8. The Morgan fingerprint density at radius 3 is 1.77 bits per heavy atom. The number of carboxylic acids is 2. The van der Waals surface area contributed by atoms with Gasteiger partial charge in [0.2, 0.25) is 0 Å². The maximum atomic E-state index is 10.5. The van der Waals surface area contributed by atoms with Gasteiger partial charge in [-0.25, -0.2) is 0 Å². The first-order valence-corrected chi connectivity index (χ1v) is 6.93. The van der Waals surface area contributed by atoms with E-state index in [2.05, 4.69) is 5.32 Å². The van der Waals surface area contributed by atoms with Crippen molar-refractivity contribution >= 4 is 11.9 Å². The van der Waals surface area contributed by atoms with Crippen LogP contribution in [0.3, 0.4) is 0 Å². The Labute approximate surface area is 129 Å². The van der Waals surface area contributed by atoms with Crippen LogP contribution < -0.4 is 5.32 Å². The van der Waals surface area contributed by atoms with Crippen LogP contribution in [0, 0.1) is 5.41 Å². The second kappa shape index (κ2) is 13.4. The molecule has 1 atom stereocenters. The molecule has 0 saturated carbocycles. The minimum atomic E-state index is -1.10. The lowest BCUT2D eigenvalue weighted by molar-refractivity contribution is -0.140. The summed E-state index contributed by atoms with van der Waals surface area (Å²) in [5.41, 5.74) is -0.667. The van der Waals surface area contributed by atoms with Crippen molar-refractivity contribution < 1.29 is 40.2 Å². The quantitative estimate of drug-likeness (QED) is 0.233. The molecule has 0 aliphatic rings. The standard InChI is InChI=1S/C7H13NO5.C6H14O3/c9-3-1-2-5(7(12)13)8-4-6(10)11;1-2-6(3-7,4-8)5-9/h5,8-9H,1-4H2,(H,10,11)(H,12,13);7-9H,2-5H2,1H3. The molecule has 0 heterocycles. The minimum Gasteiger partial charge on any atom is -0.480 e. The molecule has 0 rings (SSSR count). The molecule has 9 heteroatoms. The van der Waals surface area contributed by atoms with Crippen LogP contribution in [-0.2, 0) is 9.59 Å². The van der Waals surface area contributed by atoms with E-state index in [0.717, 1.165) is 0 Å². The minimum absolute atomic E-state index is 0.0987. The van der Waals surface area contributed by atoms with Gasteiger partial charge in [-0.1, -0.05) is 6.92 Å². The first-order chi connectivity index (χ1) is 10.3. The number of aliphatic hydroxyl groups is 4. The molecule has 7 N–H and O–H groups in total. The van der Waals surface area contributed by atoms with Crippen molar-refractivity contribution in [1.82, 2.24) is 5.32 Å². The van der Waals surface area contributed by atoms with E-state index in [4.69, 9.17) is 30.6 Å². The highest BCUT2D eigenvalue weighted by Gasteiger charge is 2.24. The normalized spacial score (nSPS) is 12.2. The van der Waals surface area contributed by atoms with Crippen molar-refractivity contribution in [3.05, 3.63) is 0 Å². The molecule has 0 aromatic heterocycles. The molecule has 0 bridgehead atoms. The highest BCUT2D eigenvalue weighted by molar-refractivity contribution is 5.75. The third-order valence-corrected chi connectivity index (χ3v) is 3.20. The summed E-state index contributed by atoms with van der Waals surface area (Å²) in [6.07, 6.45) is 1.15. The molecule has 0 spiro atoms. The number of aliphatic carboxylic acids is 2. The van der Waals surface area contributed by atoms with Crippen molar-refractivity contribution in [3.8, 4) is 0 Å². The third kappa shape index (κ3) is 10.5. The summed E-state index contributed by atoms with van der Waals surface area (Å²) in [5.74, 6) is -2.20. The van der Waals surface area contributed by atoms with Crippen molar-refractivity contribution in [2.24, 2.45) is 5.41 Å². The number of nitrogens with one attached hydrogen (secondary N) is 1. The lowest BCUT2D eigenvalue weighted by Crippen LogP contribution is -2.39. The van der Waals surface area contributed by atoms with Crippen LogP contribution in [-0.4, -0.2) is 81.6 Å². The Kier molecular flexibility index (Phi) is 14.0. The molecule has 22 heavy (non-hydrogen) atoms. The van der Waals surface area contributed by atoms with Gasteiger partial charge in [-0.2, -0.15) is 0 Å². The molecule has 0 aromatic carbocycles. The van der Waals surface area contributed by atoms with Gasteiger partial charge in [0.05, 0.1) is 26.4 Å². The summed E-state index contributed by atoms with van der Waals surface area (Å²) in [5, 5.41) is 53.6. The number of hydrogen-bond acceptors (Lipinski definition) is 7. The van der Waals surface area contributed by atoms with Gasteiger partial charge >= 0.3 is 11.9 Å². The monoisotopic (exact) mass is 325 g/mol. The lowest BCUT2D eigenvalue weighted by atomic mass is 9.88. The summed E-state index contributed by atoms with van der Waals surface area (Å²) < 4.78 is 0. The Morgan fingerprint density at radius 2 is 1.55 bits per heavy atom.